The molecule has 0 aliphatic carbocycles. The molecule has 4 N–H and O–H groups in total. The molecule has 10 heteroatoms. The molecule has 0 unspecified atom stereocenters. The summed E-state index contributed by atoms with van der Waals surface area (Å²) in [5, 5.41) is 18.1. The molecule has 2 rings (SSSR count). The first-order valence-electron chi connectivity index (χ1n) is 7.23. The van der Waals surface area contributed by atoms with E-state index in [0.717, 1.165) is 6.42 Å². The van der Waals surface area contributed by atoms with Gasteiger partial charge in [0.1, 0.15) is 18.5 Å². The van der Waals surface area contributed by atoms with Gasteiger partial charge in [-0.15, -0.1) is 0 Å². The van der Waals surface area contributed by atoms with E-state index in [4.69, 9.17) is 20.7 Å². The molecule has 0 fully saturated rings. The lowest BCUT2D eigenvalue weighted by Gasteiger charge is -2.21. The lowest BCUT2D eigenvalue weighted by atomic mass is 10.4. The van der Waals surface area contributed by atoms with E-state index < -0.39 is 6.10 Å². The molecule has 0 amide bonds. The summed E-state index contributed by atoms with van der Waals surface area (Å²) in [6.45, 7) is 2.46. The number of aromatic nitrogens is 2. The number of halogens is 1. The van der Waals surface area contributed by atoms with E-state index in [0.29, 0.717) is 24.7 Å². The molecule has 1 aromatic heterocycles. The van der Waals surface area contributed by atoms with Crippen molar-refractivity contribution in [2.24, 2.45) is 0 Å². The van der Waals surface area contributed by atoms with Crippen molar-refractivity contribution >= 4 is 17.5 Å². The van der Waals surface area contributed by atoms with Gasteiger partial charge in [-0.25, -0.2) is 0 Å². The predicted molar refractivity (Wildman–Crippen MR) is 82.9 cm³/mol. The minimum Gasteiger partial charge on any atom is -1.00 e. The van der Waals surface area contributed by atoms with Crippen LogP contribution in [0.5, 0.6) is 0 Å². The van der Waals surface area contributed by atoms with Crippen molar-refractivity contribution in [1.29, 1.82) is 0 Å². The van der Waals surface area contributed by atoms with Gasteiger partial charge in [-0.3, -0.25) is 9.36 Å². The first kappa shape index (κ1) is 19.9. The summed E-state index contributed by atoms with van der Waals surface area (Å²) < 4.78 is 6.86. The van der Waals surface area contributed by atoms with Gasteiger partial charge in [0.2, 0.25) is 5.95 Å². The summed E-state index contributed by atoms with van der Waals surface area (Å²) in [4.78, 5) is 20.4. The SMILES string of the molecule is CCCn1c(N)nc2c(c1=O)N(C)CN2COC(CO)CO.[I-]. The van der Waals surface area contributed by atoms with E-state index in [9.17, 15) is 4.79 Å². The second-order valence-corrected chi connectivity index (χ2v) is 5.26. The molecule has 2 heterocycles. The maximum absolute atomic E-state index is 12.5. The molecule has 1 aliphatic rings. The van der Waals surface area contributed by atoms with Crippen LogP contribution in [0.25, 0.3) is 0 Å². The van der Waals surface area contributed by atoms with Crippen LogP contribution in [0.1, 0.15) is 13.3 Å². The average Bonchev–Trinajstić information content (AvgIpc) is 2.80. The van der Waals surface area contributed by atoms with Crippen LogP contribution in [-0.2, 0) is 11.3 Å². The van der Waals surface area contributed by atoms with Crippen LogP contribution in [-0.4, -0.2) is 59.5 Å². The Bertz CT molecular complexity index is 578. The maximum Gasteiger partial charge on any atom is 0.280 e. The zero-order chi connectivity index (χ0) is 16.3. The Kier molecular flexibility index (Phi) is 7.51. The summed E-state index contributed by atoms with van der Waals surface area (Å²) in [6, 6.07) is 0. The third kappa shape index (κ3) is 4.05. The highest BCUT2D eigenvalue weighted by atomic mass is 127. The Morgan fingerprint density at radius 2 is 2.04 bits per heavy atom. The van der Waals surface area contributed by atoms with Gasteiger partial charge in [0.15, 0.2) is 5.82 Å². The highest BCUT2D eigenvalue weighted by Gasteiger charge is 2.30. The second-order valence-electron chi connectivity index (χ2n) is 5.26. The van der Waals surface area contributed by atoms with Gasteiger partial charge in [-0.05, 0) is 6.42 Å². The van der Waals surface area contributed by atoms with E-state index >= 15 is 0 Å². The fourth-order valence-electron chi connectivity index (χ4n) is 2.40. The number of aliphatic hydroxyl groups excluding tert-OH is 2. The average molecular weight is 440 g/mol. The van der Waals surface area contributed by atoms with Gasteiger partial charge in [-0.1, -0.05) is 6.92 Å². The molecule has 0 bridgehead atoms. The van der Waals surface area contributed by atoms with Crippen molar-refractivity contribution in [3.8, 4) is 0 Å². The molecular weight excluding hydrogens is 417 g/mol. The Hall–Kier alpha value is -1.11. The molecule has 132 valence electrons. The zero-order valence-electron chi connectivity index (χ0n) is 13.3. The minimum atomic E-state index is -0.660. The van der Waals surface area contributed by atoms with Crippen LogP contribution in [0, 0.1) is 0 Å². The first-order chi connectivity index (χ1) is 10.5. The fourth-order valence-corrected chi connectivity index (χ4v) is 2.40. The lowest BCUT2D eigenvalue weighted by Crippen LogP contribution is -3.00. The van der Waals surface area contributed by atoms with Gasteiger partial charge in [0.25, 0.3) is 5.56 Å². The number of anilines is 3. The number of aliphatic hydroxyl groups is 2. The van der Waals surface area contributed by atoms with Crippen molar-refractivity contribution in [1.82, 2.24) is 9.55 Å². The fraction of sp³-hybridized carbons (Fsp3) is 0.692. The van der Waals surface area contributed by atoms with Crippen LogP contribution in [0.3, 0.4) is 0 Å². The van der Waals surface area contributed by atoms with Gasteiger partial charge in [-0.2, -0.15) is 4.98 Å². The number of nitrogens with two attached hydrogens (primary N) is 1. The third-order valence-electron chi connectivity index (χ3n) is 3.54. The summed E-state index contributed by atoms with van der Waals surface area (Å²) in [5.74, 6) is 0.638. The molecule has 9 nitrogen and oxygen atoms in total. The number of ether oxygens (including phenoxy) is 1. The van der Waals surface area contributed by atoms with Crippen LogP contribution in [0.15, 0.2) is 4.79 Å². The Morgan fingerprint density at radius 1 is 1.39 bits per heavy atom. The number of hydrogen-bond acceptors (Lipinski definition) is 8. The third-order valence-corrected chi connectivity index (χ3v) is 3.54. The summed E-state index contributed by atoms with van der Waals surface area (Å²) in [6.07, 6.45) is 0.127. The first-order valence-corrected chi connectivity index (χ1v) is 7.23. The molecule has 1 aromatic rings. The van der Waals surface area contributed by atoms with Crippen LogP contribution in [0.2, 0.25) is 0 Å². The van der Waals surface area contributed by atoms with Crippen LogP contribution >= 0.6 is 0 Å². The Balaban J connectivity index is 0.00000264. The summed E-state index contributed by atoms with van der Waals surface area (Å²) >= 11 is 0. The van der Waals surface area contributed by atoms with Gasteiger partial charge < -0.3 is 54.5 Å². The summed E-state index contributed by atoms with van der Waals surface area (Å²) in [7, 11) is 1.80. The highest BCUT2D eigenvalue weighted by Crippen LogP contribution is 2.30. The van der Waals surface area contributed by atoms with Gasteiger partial charge in [0, 0.05) is 13.6 Å². The molecule has 0 radical (unpaired) electrons. The molecular formula is C13H23IN5O4-. The van der Waals surface area contributed by atoms with E-state index in [1.807, 2.05) is 6.92 Å². The number of rotatable bonds is 7. The van der Waals surface area contributed by atoms with Gasteiger partial charge >= 0.3 is 0 Å². The highest BCUT2D eigenvalue weighted by molar-refractivity contribution is 5.72. The topological polar surface area (TPSA) is 117 Å². The number of hydrogen-bond donors (Lipinski definition) is 3. The standard InChI is InChI=1S/C13H23N5O4.HI/c1-3-4-18-12(21)10-11(15-13(18)14)17(7-16(10)2)8-22-9(5-19)6-20;/h9,19-20H,3-8H2,1-2H3,(H2,14,15);1H/p-1. The van der Waals surface area contributed by atoms with Crippen molar-refractivity contribution < 1.29 is 38.9 Å². The van der Waals surface area contributed by atoms with Crippen molar-refractivity contribution in [2.45, 2.75) is 26.0 Å². The molecule has 1 aliphatic heterocycles. The number of nitrogen functional groups attached to an aromatic ring is 1. The van der Waals surface area contributed by atoms with Crippen LogP contribution in [0.4, 0.5) is 17.5 Å². The molecule has 0 atom stereocenters. The van der Waals surface area contributed by atoms with Crippen molar-refractivity contribution in [2.75, 3.05) is 49.2 Å². The van der Waals surface area contributed by atoms with Crippen molar-refractivity contribution in [3.63, 3.8) is 0 Å². The molecule has 0 saturated carbocycles. The predicted octanol–water partition coefficient (Wildman–Crippen LogP) is -4.22. The normalized spacial score (nSPS) is 13.4. The number of nitrogens with zero attached hydrogens (tertiary/aromatic N) is 4. The largest absolute Gasteiger partial charge is 1.00 e. The monoisotopic (exact) mass is 440 g/mol. The molecule has 0 aromatic carbocycles. The van der Waals surface area contributed by atoms with Crippen LogP contribution < -0.4 is 45.1 Å². The zero-order valence-corrected chi connectivity index (χ0v) is 15.4. The Labute approximate surface area is 151 Å². The molecule has 0 spiro atoms. The van der Waals surface area contributed by atoms with Gasteiger partial charge in [0.05, 0.1) is 19.9 Å². The van der Waals surface area contributed by atoms with E-state index in [1.54, 1.807) is 16.8 Å². The second kappa shape index (κ2) is 8.66. The smallest absolute Gasteiger partial charge is 0.280 e. The molecule has 23 heavy (non-hydrogen) atoms. The quantitative estimate of drug-likeness (QED) is 0.366. The minimum absolute atomic E-state index is 0. The Morgan fingerprint density at radius 3 is 2.61 bits per heavy atom. The maximum atomic E-state index is 12.5. The summed E-state index contributed by atoms with van der Waals surface area (Å²) in [5.41, 5.74) is 6.19. The van der Waals surface area contributed by atoms with E-state index in [1.165, 1.54) is 4.57 Å². The molecule has 0 saturated heterocycles. The number of fused-ring (bicyclic) bond motifs is 1. The van der Waals surface area contributed by atoms with E-state index in [2.05, 4.69) is 4.98 Å². The van der Waals surface area contributed by atoms with Crippen molar-refractivity contribution in [3.05, 3.63) is 10.4 Å². The van der Waals surface area contributed by atoms with E-state index in [-0.39, 0.29) is 55.4 Å². The lowest BCUT2D eigenvalue weighted by molar-refractivity contribution is -0.0188.